The highest BCUT2D eigenvalue weighted by Gasteiger charge is 2.28. The van der Waals surface area contributed by atoms with Crippen molar-refractivity contribution in [3.8, 4) is 28.8 Å². The minimum atomic E-state index is -0.647. The predicted molar refractivity (Wildman–Crippen MR) is 156 cm³/mol. The first-order valence-corrected chi connectivity index (χ1v) is 13.4. The quantitative estimate of drug-likeness (QED) is 0.268. The van der Waals surface area contributed by atoms with E-state index in [0.29, 0.717) is 70.0 Å². The van der Waals surface area contributed by atoms with Crippen LogP contribution in [-0.2, 0) is 6.42 Å². The summed E-state index contributed by atoms with van der Waals surface area (Å²) >= 11 is 0. The lowest BCUT2D eigenvalue weighted by molar-refractivity contribution is 0.0971. The molecule has 0 atom stereocenters. The summed E-state index contributed by atoms with van der Waals surface area (Å²) in [4.78, 5) is 48.6. The standard InChI is InChI=1S/C32H25FN4O6/c1-41-27-16-24-29(36-31(27)42-2)26(14-15-34-24)43-21-12-8-19(9-13-21)35-30(39)28-22-4-3-5-25(38)23(22)17-37(32(28)40)20-10-6-18(33)7-11-20/h6-17H,3-5H2,1-2H3,(H,35,39). The zero-order valence-electron chi connectivity index (χ0n) is 23.2. The van der Waals surface area contributed by atoms with Crippen LogP contribution in [0.1, 0.15) is 39.1 Å². The number of anilines is 1. The molecule has 1 amide bonds. The highest BCUT2D eigenvalue weighted by molar-refractivity contribution is 6.08. The molecule has 1 aliphatic carbocycles. The third kappa shape index (κ3) is 5.28. The minimum Gasteiger partial charge on any atom is -0.491 e. The van der Waals surface area contributed by atoms with E-state index in [1.54, 1.807) is 42.6 Å². The maximum atomic E-state index is 13.6. The van der Waals surface area contributed by atoms with Crippen molar-refractivity contribution in [3.05, 3.63) is 106 Å². The predicted octanol–water partition coefficient (Wildman–Crippen LogP) is 5.50. The molecule has 0 radical (unpaired) electrons. The average molecular weight is 581 g/mol. The van der Waals surface area contributed by atoms with Crippen molar-refractivity contribution >= 4 is 28.4 Å². The number of nitrogens with zero attached hydrogens (tertiary/aromatic N) is 3. The number of nitrogens with one attached hydrogen (secondary N) is 1. The zero-order chi connectivity index (χ0) is 30.1. The minimum absolute atomic E-state index is 0.117. The number of methoxy groups -OCH3 is 2. The number of ketones is 1. The van der Waals surface area contributed by atoms with Crippen LogP contribution in [0.5, 0.6) is 23.1 Å². The van der Waals surface area contributed by atoms with Crippen LogP contribution < -0.4 is 25.1 Å². The van der Waals surface area contributed by atoms with Crippen LogP contribution in [0.25, 0.3) is 16.7 Å². The fourth-order valence-corrected chi connectivity index (χ4v) is 5.05. The number of carbonyl (C=O) groups is 2. The van der Waals surface area contributed by atoms with E-state index in [1.165, 1.54) is 49.2 Å². The summed E-state index contributed by atoms with van der Waals surface area (Å²) in [5, 5.41) is 2.77. The molecule has 2 aromatic carbocycles. The highest BCUT2D eigenvalue weighted by Crippen LogP contribution is 2.34. The molecule has 3 aromatic heterocycles. The lowest BCUT2D eigenvalue weighted by atomic mass is 9.88. The molecular formula is C32H25FN4O6. The number of halogens is 1. The first kappa shape index (κ1) is 27.6. The van der Waals surface area contributed by atoms with Crippen molar-refractivity contribution in [2.24, 2.45) is 0 Å². The lowest BCUT2D eigenvalue weighted by Gasteiger charge is -2.20. The van der Waals surface area contributed by atoms with Crippen LogP contribution in [-0.4, -0.2) is 40.4 Å². The van der Waals surface area contributed by atoms with E-state index in [0.717, 1.165) is 0 Å². The first-order valence-electron chi connectivity index (χ1n) is 13.4. The number of amides is 1. The number of pyridine rings is 3. The second-order valence-corrected chi connectivity index (χ2v) is 9.78. The number of benzene rings is 2. The molecule has 0 aliphatic heterocycles. The van der Waals surface area contributed by atoms with Crippen LogP contribution in [0.4, 0.5) is 10.1 Å². The van der Waals surface area contributed by atoms with Crippen molar-refractivity contribution in [3.63, 3.8) is 0 Å². The number of Topliss-reactive ketones (excluding diaryl/α,β-unsaturated/α-hetero) is 1. The number of hydrogen-bond donors (Lipinski definition) is 1. The Kier molecular flexibility index (Phi) is 7.29. The van der Waals surface area contributed by atoms with Crippen molar-refractivity contribution in [2.75, 3.05) is 19.5 Å². The molecule has 0 bridgehead atoms. The van der Waals surface area contributed by atoms with Crippen LogP contribution in [0.2, 0.25) is 0 Å². The van der Waals surface area contributed by atoms with E-state index in [9.17, 15) is 18.8 Å². The monoisotopic (exact) mass is 580 g/mol. The molecule has 5 aromatic rings. The van der Waals surface area contributed by atoms with Gasteiger partial charge < -0.3 is 19.5 Å². The van der Waals surface area contributed by atoms with Gasteiger partial charge in [0.05, 0.1) is 19.7 Å². The van der Waals surface area contributed by atoms with Crippen LogP contribution in [0.3, 0.4) is 0 Å². The van der Waals surface area contributed by atoms with Gasteiger partial charge in [-0.25, -0.2) is 9.37 Å². The van der Waals surface area contributed by atoms with Gasteiger partial charge in [-0.05, 0) is 66.9 Å². The third-order valence-corrected chi connectivity index (χ3v) is 7.14. The van der Waals surface area contributed by atoms with Gasteiger partial charge in [-0.3, -0.25) is 23.9 Å². The van der Waals surface area contributed by atoms with E-state index in [4.69, 9.17) is 14.2 Å². The first-order chi connectivity index (χ1) is 20.9. The van der Waals surface area contributed by atoms with Gasteiger partial charge in [-0.1, -0.05) is 0 Å². The van der Waals surface area contributed by atoms with Gasteiger partial charge in [0.1, 0.15) is 22.6 Å². The summed E-state index contributed by atoms with van der Waals surface area (Å²) in [6, 6.07) is 15.2. The van der Waals surface area contributed by atoms with E-state index in [-0.39, 0.29) is 17.2 Å². The fraction of sp³-hybridized carbons (Fsp3) is 0.156. The van der Waals surface area contributed by atoms with E-state index in [1.807, 2.05) is 0 Å². The maximum Gasteiger partial charge on any atom is 0.268 e. The summed E-state index contributed by atoms with van der Waals surface area (Å²) in [6.07, 6.45) is 4.30. The molecule has 0 spiro atoms. The summed E-state index contributed by atoms with van der Waals surface area (Å²) < 4.78 is 31.4. The molecule has 6 rings (SSSR count). The van der Waals surface area contributed by atoms with Crippen LogP contribution in [0.15, 0.2) is 77.9 Å². The van der Waals surface area contributed by atoms with Crippen LogP contribution >= 0.6 is 0 Å². The normalized spacial score (nSPS) is 12.5. The molecule has 216 valence electrons. The van der Waals surface area contributed by atoms with E-state index < -0.39 is 17.3 Å². The van der Waals surface area contributed by atoms with Crippen molar-refractivity contribution in [1.29, 1.82) is 0 Å². The topological polar surface area (TPSA) is 122 Å². The Labute approximate surface area is 244 Å². The Morgan fingerprint density at radius 1 is 0.953 bits per heavy atom. The molecule has 1 N–H and O–H groups in total. The molecular weight excluding hydrogens is 555 g/mol. The summed E-state index contributed by atoms with van der Waals surface area (Å²) in [7, 11) is 3.00. The van der Waals surface area contributed by atoms with Gasteiger partial charge in [-0.2, -0.15) is 0 Å². The zero-order valence-corrected chi connectivity index (χ0v) is 23.2. The Morgan fingerprint density at radius 3 is 2.44 bits per heavy atom. The van der Waals surface area contributed by atoms with E-state index >= 15 is 0 Å². The van der Waals surface area contributed by atoms with Gasteiger partial charge in [-0.15, -0.1) is 0 Å². The summed E-state index contributed by atoms with van der Waals surface area (Å²) in [6.45, 7) is 0. The summed E-state index contributed by atoms with van der Waals surface area (Å²) in [5.74, 6) is 0.355. The number of carbonyl (C=O) groups excluding carboxylic acids is 2. The molecule has 11 heteroatoms. The lowest BCUT2D eigenvalue weighted by Crippen LogP contribution is -2.33. The molecule has 0 fully saturated rings. The van der Waals surface area contributed by atoms with Crippen LogP contribution in [0, 0.1) is 5.82 Å². The number of rotatable bonds is 7. The summed E-state index contributed by atoms with van der Waals surface area (Å²) in [5.41, 5.74) is 1.80. The molecule has 0 saturated heterocycles. The SMILES string of the molecule is COc1cc2nccc(Oc3ccc(NC(=O)c4c5c(cn(-c6ccc(F)cc6)c4=O)C(=O)CCC5)cc3)c2nc1OC. The third-order valence-electron chi connectivity index (χ3n) is 7.14. The van der Waals surface area contributed by atoms with Gasteiger partial charge in [0.15, 0.2) is 17.3 Å². The number of fused-ring (bicyclic) bond motifs is 2. The van der Waals surface area contributed by atoms with Crippen molar-refractivity contribution < 1.29 is 28.2 Å². The molecule has 1 aliphatic rings. The fourth-order valence-electron chi connectivity index (χ4n) is 5.05. The second kappa shape index (κ2) is 11.4. The number of aromatic nitrogens is 3. The average Bonchev–Trinajstić information content (AvgIpc) is 3.02. The number of hydrogen-bond acceptors (Lipinski definition) is 8. The molecule has 0 saturated carbocycles. The Bertz CT molecular complexity index is 1940. The van der Waals surface area contributed by atoms with Crippen molar-refractivity contribution in [1.82, 2.24) is 14.5 Å². The molecule has 43 heavy (non-hydrogen) atoms. The Hall–Kier alpha value is -5.58. The van der Waals surface area contributed by atoms with Gasteiger partial charge in [0, 0.05) is 47.9 Å². The Morgan fingerprint density at radius 2 is 1.72 bits per heavy atom. The largest absolute Gasteiger partial charge is 0.491 e. The van der Waals surface area contributed by atoms with Gasteiger partial charge >= 0.3 is 0 Å². The van der Waals surface area contributed by atoms with Crippen molar-refractivity contribution in [2.45, 2.75) is 19.3 Å². The number of ether oxygens (including phenoxy) is 3. The maximum absolute atomic E-state index is 13.6. The molecule has 0 unspecified atom stereocenters. The highest BCUT2D eigenvalue weighted by atomic mass is 19.1. The second-order valence-electron chi connectivity index (χ2n) is 9.78. The Balaban J connectivity index is 1.29. The smallest absolute Gasteiger partial charge is 0.268 e. The van der Waals surface area contributed by atoms with E-state index in [2.05, 4.69) is 15.3 Å². The van der Waals surface area contributed by atoms with Gasteiger partial charge in [0.2, 0.25) is 0 Å². The molecule has 10 nitrogen and oxygen atoms in total. The molecule has 3 heterocycles. The van der Waals surface area contributed by atoms with Gasteiger partial charge in [0.25, 0.3) is 17.3 Å².